The Morgan fingerprint density at radius 2 is 1.54 bits per heavy atom. The molecule has 2 N–H and O–H groups in total. The van der Waals surface area contributed by atoms with Gasteiger partial charge >= 0.3 is 11.9 Å². The van der Waals surface area contributed by atoms with Crippen LogP contribution in [0.1, 0.15) is 46.1 Å². The molecule has 6 nitrogen and oxygen atoms in total. The number of ether oxygens (including phenoxy) is 2. The van der Waals surface area contributed by atoms with E-state index >= 15 is 0 Å². The number of carbonyl (C=O) groups is 2. The molecule has 0 saturated heterocycles. The SMILES string of the molecule is CCC(C)OC(=O)C(=Cc1ccc(O)cc1O)C(=O)OC(C)CC. The Kier molecular flexibility index (Phi) is 7.30. The second-order valence-electron chi connectivity index (χ2n) is 5.55. The van der Waals surface area contributed by atoms with Gasteiger partial charge in [0.15, 0.2) is 0 Å². The maximum atomic E-state index is 12.3. The van der Waals surface area contributed by atoms with Crippen molar-refractivity contribution in [1.82, 2.24) is 0 Å². The van der Waals surface area contributed by atoms with E-state index in [0.717, 1.165) is 6.07 Å². The molecule has 132 valence electrons. The summed E-state index contributed by atoms with van der Waals surface area (Å²) in [6, 6.07) is 3.84. The van der Waals surface area contributed by atoms with E-state index in [1.807, 2.05) is 13.8 Å². The Labute approximate surface area is 141 Å². The highest BCUT2D eigenvalue weighted by Crippen LogP contribution is 2.25. The van der Waals surface area contributed by atoms with Gasteiger partial charge in [0, 0.05) is 11.6 Å². The monoisotopic (exact) mass is 336 g/mol. The van der Waals surface area contributed by atoms with Gasteiger partial charge in [-0.1, -0.05) is 13.8 Å². The third kappa shape index (κ3) is 5.61. The molecule has 0 heterocycles. The van der Waals surface area contributed by atoms with Crippen LogP contribution in [-0.4, -0.2) is 34.4 Å². The van der Waals surface area contributed by atoms with Crippen LogP contribution in [0.3, 0.4) is 0 Å². The molecule has 2 unspecified atom stereocenters. The fourth-order valence-corrected chi connectivity index (χ4v) is 1.67. The van der Waals surface area contributed by atoms with E-state index in [1.165, 1.54) is 18.2 Å². The van der Waals surface area contributed by atoms with Crippen molar-refractivity contribution in [2.24, 2.45) is 0 Å². The number of esters is 2. The van der Waals surface area contributed by atoms with Gasteiger partial charge < -0.3 is 19.7 Å². The largest absolute Gasteiger partial charge is 0.508 e. The molecule has 1 aromatic rings. The van der Waals surface area contributed by atoms with Crippen LogP contribution in [0.25, 0.3) is 6.08 Å². The average molecular weight is 336 g/mol. The van der Waals surface area contributed by atoms with Crippen LogP contribution in [-0.2, 0) is 19.1 Å². The van der Waals surface area contributed by atoms with Crippen molar-refractivity contribution >= 4 is 18.0 Å². The molecule has 0 aliphatic heterocycles. The molecule has 1 rings (SSSR count). The van der Waals surface area contributed by atoms with E-state index in [2.05, 4.69) is 0 Å². The first-order valence-corrected chi connectivity index (χ1v) is 7.94. The number of phenolic OH excluding ortho intramolecular Hbond substituents is 2. The summed E-state index contributed by atoms with van der Waals surface area (Å²) < 4.78 is 10.4. The van der Waals surface area contributed by atoms with Gasteiger partial charge in [0.25, 0.3) is 0 Å². The first kappa shape index (κ1) is 19.5. The molecule has 0 aliphatic carbocycles. The van der Waals surface area contributed by atoms with Crippen molar-refractivity contribution in [1.29, 1.82) is 0 Å². The minimum absolute atomic E-state index is 0.129. The summed E-state index contributed by atoms with van der Waals surface area (Å²) in [4.78, 5) is 24.6. The van der Waals surface area contributed by atoms with E-state index < -0.39 is 11.9 Å². The molecule has 24 heavy (non-hydrogen) atoms. The molecular formula is C18H24O6. The van der Waals surface area contributed by atoms with Crippen LogP contribution >= 0.6 is 0 Å². The molecule has 0 radical (unpaired) electrons. The quantitative estimate of drug-likeness (QED) is 0.344. The smallest absolute Gasteiger partial charge is 0.345 e. The Balaban J connectivity index is 3.18. The van der Waals surface area contributed by atoms with Crippen molar-refractivity contribution in [3.8, 4) is 11.5 Å². The fourth-order valence-electron chi connectivity index (χ4n) is 1.67. The Morgan fingerprint density at radius 1 is 1.04 bits per heavy atom. The zero-order valence-corrected chi connectivity index (χ0v) is 14.4. The fraction of sp³-hybridized carbons (Fsp3) is 0.444. The van der Waals surface area contributed by atoms with Crippen LogP contribution in [0.4, 0.5) is 0 Å². The molecule has 1 aromatic carbocycles. The maximum Gasteiger partial charge on any atom is 0.345 e. The van der Waals surface area contributed by atoms with Gasteiger partial charge in [-0.05, 0) is 44.9 Å². The standard InChI is InChI=1S/C18H24O6/c1-5-11(3)23-17(21)15(18(22)24-12(4)6-2)9-13-7-8-14(19)10-16(13)20/h7-12,19-20H,5-6H2,1-4H3. The molecule has 0 aromatic heterocycles. The number of benzene rings is 1. The van der Waals surface area contributed by atoms with Gasteiger partial charge in [0.2, 0.25) is 0 Å². The van der Waals surface area contributed by atoms with Gasteiger partial charge in [-0.15, -0.1) is 0 Å². The molecule has 0 fully saturated rings. The lowest BCUT2D eigenvalue weighted by Crippen LogP contribution is -2.24. The lowest BCUT2D eigenvalue weighted by molar-refractivity contribution is -0.151. The zero-order valence-electron chi connectivity index (χ0n) is 14.4. The summed E-state index contributed by atoms with van der Waals surface area (Å²) in [6.45, 7) is 7.14. The van der Waals surface area contributed by atoms with Crippen molar-refractivity contribution in [3.63, 3.8) is 0 Å². The minimum atomic E-state index is -0.815. The number of rotatable bonds is 7. The van der Waals surface area contributed by atoms with Crippen LogP contribution < -0.4 is 0 Å². The van der Waals surface area contributed by atoms with E-state index in [9.17, 15) is 19.8 Å². The highest BCUT2D eigenvalue weighted by Gasteiger charge is 2.25. The topological polar surface area (TPSA) is 93.1 Å². The summed E-state index contributed by atoms with van der Waals surface area (Å²) in [5.74, 6) is -2.02. The molecule has 0 saturated carbocycles. The Bertz CT molecular complexity index is 594. The maximum absolute atomic E-state index is 12.3. The average Bonchev–Trinajstić information content (AvgIpc) is 2.53. The normalized spacial score (nSPS) is 12.8. The van der Waals surface area contributed by atoms with Crippen LogP contribution in [0.15, 0.2) is 23.8 Å². The number of carbonyl (C=O) groups excluding carboxylic acids is 2. The lowest BCUT2D eigenvalue weighted by Gasteiger charge is -2.15. The van der Waals surface area contributed by atoms with Gasteiger partial charge in [-0.25, -0.2) is 9.59 Å². The summed E-state index contributed by atoms with van der Waals surface area (Å²) in [7, 11) is 0. The number of phenols is 2. The van der Waals surface area contributed by atoms with Gasteiger partial charge in [0.1, 0.15) is 17.1 Å². The Morgan fingerprint density at radius 3 is 1.96 bits per heavy atom. The van der Waals surface area contributed by atoms with Crippen molar-refractivity contribution < 1.29 is 29.3 Å². The van der Waals surface area contributed by atoms with Gasteiger partial charge in [-0.2, -0.15) is 0 Å². The Hall–Kier alpha value is -2.50. The highest BCUT2D eigenvalue weighted by atomic mass is 16.6. The van der Waals surface area contributed by atoms with E-state index in [4.69, 9.17) is 9.47 Å². The third-order valence-corrected chi connectivity index (χ3v) is 3.52. The second kappa shape index (κ2) is 8.96. The summed E-state index contributed by atoms with van der Waals surface area (Å²) in [5, 5.41) is 19.2. The molecule has 0 aliphatic rings. The molecular weight excluding hydrogens is 312 g/mol. The molecule has 6 heteroatoms. The van der Waals surface area contributed by atoms with Crippen LogP contribution in [0, 0.1) is 0 Å². The molecule has 0 amide bonds. The summed E-state index contributed by atoms with van der Waals surface area (Å²) in [6.07, 6.45) is 1.69. The van der Waals surface area contributed by atoms with Gasteiger partial charge in [-0.3, -0.25) is 0 Å². The van der Waals surface area contributed by atoms with Crippen molar-refractivity contribution in [2.45, 2.75) is 52.7 Å². The van der Waals surface area contributed by atoms with E-state index in [1.54, 1.807) is 13.8 Å². The number of hydrogen-bond donors (Lipinski definition) is 2. The zero-order chi connectivity index (χ0) is 18.3. The second-order valence-corrected chi connectivity index (χ2v) is 5.55. The lowest BCUT2D eigenvalue weighted by atomic mass is 10.1. The van der Waals surface area contributed by atoms with Crippen LogP contribution in [0.2, 0.25) is 0 Å². The van der Waals surface area contributed by atoms with Gasteiger partial charge in [0.05, 0.1) is 12.2 Å². The molecule has 2 atom stereocenters. The summed E-state index contributed by atoms with van der Waals surface area (Å²) in [5.41, 5.74) is -0.110. The van der Waals surface area contributed by atoms with Crippen molar-refractivity contribution in [3.05, 3.63) is 29.3 Å². The predicted octanol–water partition coefficient (Wildman–Crippen LogP) is 3.16. The van der Waals surface area contributed by atoms with Crippen LogP contribution in [0.5, 0.6) is 11.5 Å². The molecule has 0 spiro atoms. The predicted molar refractivity (Wildman–Crippen MR) is 89.4 cm³/mol. The third-order valence-electron chi connectivity index (χ3n) is 3.52. The number of hydrogen-bond acceptors (Lipinski definition) is 6. The summed E-state index contributed by atoms with van der Waals surface area (Å²) >= 11 is 0. The number of aromatic hydroxyl groups is 2. The highest BCUT2D eigenvalue weighted by molar-refractivity contribution is 6.18. The van der Waals surface area contributed by atoms with E-state index in [-0.39, 0.29) is 34.8 Å². The minimum Gasteiger partial charge on any atom is -0.508 e. The van der Waals surface area contributed by atoms with E-state index in [0.29, 0.717) is 12.8 Å². The first-order valence-electron chi connectivity index (χ1n) is 7.94. The van der Waals surface area contributed by atoms with Crippen molar-refractivity contribution in [2.75, 3.05) is 0 Å². The molecule has 0 bridgehead atoms. The first-order chi connectivity index (χ1) is 11.3.